The van der Waals surface area contributed by atoms with Crippen LogP contribution in [-0.2, 0) is 23.8 Å². The average molecular weight is 1010 g/mol. The number of amides is 1. The summed E-state index contributed by atoms with van der Waals surface area (Å²) in [4.78, 5) is 25.0. The van der Waals surface area contributed by atoms with Crippen molar-refractivity contribution in [2.75, 3.05) is 19.8 Å². The lowest BCUT2D eigenvalue weighted by molar-refractivity contribution is -0.302. The number of aliphatic hydroxyl groups is 5. The number of hydrogen-bond acceptors (Lipinski definition) is 10. The van der Waals surface area contributed by atoms with Crippen molar-refractivity contribution in [2.24, 2.45) is 0 Å². The number of ether oxygens (including phenoxy) is 3. The third-order valence-corrected chi connectivity index (χ3v) is 14.3. The Morgan fingerprint density at radius 2 is 0.901 bits per heavy atom. The average Bonchev–Trinajstić information content (AvgIpc) is 3.37. The maximum Gasteiger partial charge on any atom is 0.305 e. The zero-order valence-electron chi connectivity index (χ0n) is 45.9. The molecular formula is C60H113NO10. The Morgan fingerprint density at radius 1 is 0.507 bits per heavy atom. The molecule has 0 saturated carbocycles. The minimum absolute atomic E-state index is 0.0110. The molecule has 6 N–H and O–H groups in total. The number of carbonyl (C=O) groups is 2. The number of unbranched alkanes of at least 4 members (excludes halogenated alkanes) is 36. The highest BCUT2D eigenvalue weighted by Crippen LogP contribution is 2.23. The van der Waals surface area contributed by atoms with Crippen molar-refractivity contribution < 1.29 is 49.3 Å². The third-order valence-electron chi connectivity index (χ3n) is 14.3. The van der Waals surface area contributed by atoms with E-state index in [0.717, 1.165) is 77.0 Å². The van der Waals surface area contributed by atoms with E-state index in [1.54, 1.807) is 6.08 Å². The lowest BCUT2D eigenvalue weighted by Gasteiger charge is -2.40. The first-order valence-electron chi connectivity index (χ1n) is 30.1. The summed E-state index contributed by atoms with van der Waals surface area (Å²) >= 11 is 0. The molecule has 71 heavy (non-hydrogen) atoms. The Labute approximate surface area is 435 Å². The number of esters is 1. The van der Waals surface area contributed by atoms with E-state index in [9.17, 15) is 35.1 Å². The number of allylic oxidation sites excluding steroid dienone is 3. The van der Waals surface area contributed by atoms with Crippen LogP contribution in [0.4, 0.5) is 0 Å². The van der Waals surface area contributed by atoms with Crippen molar-refractivity contribution in [2.45, 2.75) is 326 Å². The summed E-state index contributed by atoms with van der Waals surface area (Å²) in [7, 11) is 0. The first-order valence-corrected chi connectivity index (χ1v) is 30.1. The standard InChI is InChI=1S/C60H113NO10/c1-3-5-7-9-11-13-15-23-27-30-34-38-42-46-53(63)52(51-70-60-59(68)58(67)57(66)54(50-62)71-60)61-55(64)47-43-39-35-31-28-24-21-19-17-16-18-20-22-25-29-33-37-41-45-49-69-56(65)48-44-40-36-32-26-14-12-10-8-6-4-2/h16-17,42,46,52-54,57-60,62-63,66-68H,3-15,18-41,43-45,47-51H2,1-2H3,(H,61,64)/b17-16-,46-42+. The first kappa shape index (κ1) is 67.2. The fourth-order valence-corrected chi connectivity index (χ4v) is 9.49. The molecule has 11 nitrogen and oxygen atoms in total. The second-order valence-corrected chi connectivity index (χ2v) is 21.1. The SMILES string of the molecule is CCCCCCCCCCCCC/C=C/C(O)C(COC1OC(CO)C(O)C(O)C1O)NC(=O)CCCCCCCCC/C=C\CCCCCCCCCCOC(=O)CCCCCCCCCCCCC. The summed E-state index contributed by atoms with van der Waals surface area (Å²) in [5.41, 5.74) is 0. The molecule has 1 amide bonds. The van der Waals surface area contributed by atoms with Crippen molar-refractivity contribution in [3.05, 3.63) is 24.3 Å². The van der Waals surface area contributed by atoms with Crippen LogP contribution >= 0.6 is 0 Å². The van der Waals surface area contributed by atoms with Gasteiger partial charge in [-0.15, -0.1) is 0 Å². The summed E-state index contributed by atoms with van der Waals surface area (Å²) in [5, 5.41) is 54.4. The molecule has 0 aromatic rings. The molecule has 1 rings (SSSR count). The zero-order valence-corrected chi connectivity index (χ0v) is 45.9. The first-order chi connectivity index (χ1) is 34.7. The van der Waals surface area contributed by atoms with Crippen LogP contribution in [0.15, 0.2) is 24.3 Å². The zero-order chi connectivity index (χ0) is 51.7. The molecule has 1 fully saturated rings. The minimum Gasteiger partial charge on any atom is -0.466 e. The van der Waals surface area contributed by atoms with Gasteiger partial charge in [0.1, 0.15) is 24.4 Å². The molecule has 0 spiro atoms. The fourth-order valence-electron chi connectivity index (χ4n) is 9.49. The molecular weight excluding hydrogens is 895 g/mol. The molecule has 1 heterocycles. The van der Waals surface area contributed by atoms with Gasteiger partial charge >= 0.3 is 5.97 Å². The van der Waals surface area contributed by atoms with Gasteiger partial charge in [-0.1, -0.05) is 237 Å². The summed E-state index contributed by atoms with van der Waals surface area (Å²) in [6, 6.07) is -0.816. The third kappa shape index (κ3) is 40.2. The summed E-state index contributed by atoms with van der Waals surface area (Å²) < 4.78 is 16.7. The van der Waals surface area contributed by atoms with Crippen LogP contribution in [-0.4, -0.2) is 100 Å². The number of hydrogen-bond donors (Lipinski definition) is 6. The van der Waals surface area contributed by atoms with E-state index >= 15 is 0 Å². The van der Waals surface area contributed by atoms with E-state index in [0.29, 0.717) is 19.4 Å². The Bertz CT molecular complexity index is 1230. The Kier molecular flexibility index (Phi) is 47.6. The van der Waals surface area contributed by atoms with E-state index in [1.807, 2.05) is 6.08 Å². The lowest BCUT2D eigenvalue weighted by atomic mass is 9.99. The van der Waals surface area contributed by atoms with Gasteiger partial charge in [0.2, 0.25) is 5.91 Å². The topological polar surface area (TPSA) is 175 Å². The number of carbonyl (C=O) groups excluding carboxylic acids is 2. The van der Waals surface area contributed by atoms with Crippen molar-refractivity contribution in [3.8, 4) is 0 Å². The van der Waals surface area contributed by atoms with Crippen LogP contribution in [0.2, 0.25) is 0 Å². The second-order valence-electron chi connectivity index (χ2n) is 21.1. The molecule has 7 atom stereocenters. The van der Waals surface area contributed by atoms with Gasteiger partial charge in [0.05, 0.1) is 32.0 Å². The van der Waals surface area contributed by atoms with Crippen molar-refractivity contribution >= 4 is 11.9 Å². The van der Waals surface area contributed by atoms with Crippen LogP contribution in [0.1, 0.15) is 284 Å². The number of rotatable bonds is 52. The predicted molar refractivity (Wildman–Crippen MR) is 292 cm³/mol. The largest absolute Gasteiger partial charge is 0.466 e. The summed E-state index contributed by atoms with van der Waals surface area (Å²) in [6.07, 6.45) is 49.7. The molecule has 7 unspecified atom stereocenters. The molecule has 1 saturated heterocycles. The monoisotopic (exact) mass is 1010 g/mol. The lowest BCUT2D eigenvalue weighted by Crippen LogP contribution is -2.60. The quantitative estimate of drug-likeness (QED) is 0.0195. The van der Waals surface area contributed by atoms with Gasteiger partial charge in [0.25, 0.3) is 0 Å². The van der Waals surface area contributed by atoms with E-state index < -0.39 is 49.5 Å². The van der Waals surface area contributed by atoms with Gasteiger partial charge in [-0.3, -0.25) is 9.59 Å². The molecule has 0 aromatic heterocycles. The van der Waals surface area contributed by atoms with Crippen LogP contribution in [0.5, 0.6) is 0 Å². The van der Waals surface area contributed by atoms with Crippen LogP contribution in [0, 0.1) is 0 Å². The highest BCUT2D eigenvalue weighted by Gasteiger charge is 2.44. The van der Waals surface area contributed by atoms with Gasteiger partial charge in [-0.2, -0.15) is 0 Å². The summed E-state index contributed by atoms with van der Waals surface area (Å²) in [5.74, 6) is -0.202. The highest BCUT2D eigenvalue weighted by molar-refractivity contribution is 5.76. The molecule has 1 aliphatic rings. The number of nitrogens with one attached hydrogen (secondary N) is 1. The molecule has 418 valence electrons. The fraction of sp³-hybridized carbons (Fsp3) is 0.900. The maximum absolute atomic E-state index is 13.0. The summed E-state index contributed by atoms with van der Waals surface area (Å²) in [6.45, 7) is 4.33. The Balaban J connectivity index is 2.11. The second kappa shape index (κ2) is 50.3. The smallest absolute Gasteiger partial charge is 0.305 e. The van der Waals surface area contributed by atoms with Crippen molar-refractivity contribution in [1.29, 1.82) is 0 Å². The minimum atomic E-state index is -1.57. The van der Waals surface area contributed by atoms with Crippen molar-refractivity contribution in [1.82, 2.24) is 5.32 Å². The molecule has 11 heteroatoms. The normalized spacial score (nSPS) is 19.2. The van der Waals surface area contributed by atoms with Gasteiger partial charge in [-0.05, 0) is 57.8 Å². The van der Waals surface area contributed by atoms with E-state index in [-0.39, 0.29) is 18.5 Å². The molecule has 0 aromatic carbocycles. The molecule has 0 aliphatic carbocycles. The molecule has 0 bridgehead atoms. The van der Waals surface area contributed by atoms with E-state index in [4.69, 9.17) is 14.2 Å². The van der Waals surface area contributed by atoms with Gasteiger partial charge in [0.15, 0.2) is 6.29 Å². The van der Waals surface area contributed by atoms with Gasteiger partial charge < -0.3 is 45.1 Å². The Hall–Kier alpha value is -1.86. The van der Waals surface area contributed by atoms with Crippen LogP contribution in [0.3, 0.4) is 0 Å². The maximum atomic E-state index is 13.0. The van der Waals surface area contributed by atoms with Crippen LogP contribution < -0.4 is 5.32 Å². The molecule has 0 radical (unpaired) electrons. The molecule has 1 aliphatic heterocycles. The predicted octanol–water partition coefficient (Wildman–Crippen LogP) is 13.7. The Morgan fingerprint density at radius 3 is 1.35 bits per heavy atom. The van der Waals surface area contributed by atoms with E-state index in [1.165, 1.54) is 180 Å². The van der Waals surface area contributed by atoms with Gasteiger partial charge in [0, 0.05) is 12.8 Å². The van der Waals surface area contributed by atoms with Crippen LogP contribution in [0.25, 0.3) is 0 Å². The number of aliphatic hydroxyl groups excluding tert-OH is 5. The van der Waals surface area contributed by atoms with Gasteiger partial charge in [-0.25, -0.2) is 0 Å². The van der Waals surface area contributed by atoms with E-state index in [2.05, 4.69) is 31.3 Å². The van der Waals surface area contributed by atoms with Crippen molar-refractivity contribution in [3.63, 3.8) is 0 Å². The highest BCUT2D eigenvalue weighted by atomic mass is 16.7.